The van der Waals surface area contributed by atoms with Crippen LogP contribution in [0.15, 0.2) is 59.5 Å². The number of benzene rings is 2. The zero-order valence-electron chi connectivity index (χ0n) is 10.6. The first kappa shape index (κ1) is 14.2. The van der Waals surface area contributed by atoms with Gasteiger partial charge in [-0.15, -0.1) is 0 Å². The maximum atomic E-state index is 11.8. The van der Waals surface area contributed by atoms with Gasteiger partial charge in [0.2, 0.25) is 0 Å². The van der Waals surface area contributed by atoms with Crippen molar-refractivity contribution in [1.82, 2.24) is 0 Å². The lowest BCUT2D eigenvalue weighted by Crippen LogP contribution is -2.13. The molecule has 0 heterocycles. The SMILES string of the molecule is Cc1ccccc1C(=O)OOS(=O)(=O)c1ccccc1. The first-order chi connectivity index (χ1) is 9.50. The summed E-state index contributed by atoms with van der Waals surface area (Å²) in [7, 11) is -4.12. The number of hydrogen-bond donors (Lipinski definition) is 0. The first-order valence-corrected chi connectivity index (χ1v) is 7.18. The summed E-state index contributed by atoms with van der Waals surface area (Å²) in [6.45, 7) is 1.71. The summed E-state index contributed by atoms with van der Waals surface area (Å²) in [6, 6.07) is 14.1. The van der Waals surface area contributed by atoms with Gasteiger partial charge in [-0.1, -0.05) is 36.4 Å². The molecule has 20 heavy (non-hydrogen) atoms. The van der Waals surface area contributed by atoms with Crippen LogP contribution in [-0.4, -0.2) is 14.4 Å². The molecule has 0 spiro atoms. The summed E-state index contributed by atoms with van der Waals surface area (Å²) < 4.78 is 27.8. The molecule has 6 heteroatoms. The third-order valence-electron chi connectivity index (χ3n) is 2.60. The summed E-state index contributed by atoms with van der Waals surface area (Å²) in [5, 5.41) is 0. The van der Waals surface area contributed by atoms with Gasteiger partial charge in [-0.25, -0.2) is 4.79 Å². The van der Waals surface area contributed by atoms with Crippen molar-refractivity contribution >= 4 is 16.1 Å². The molecule has 2 rings (SSSR count). The molecule has 0 aliphatic heterocycles. The van der Waals surface area contributed by atoms with Gasteiger partial charge in [0.15, 0.2) is 0 Å². The number of carbonyl (C=O) groups excluding carboxylic acids is 1. The molecule has 0 saturated heterocycles. The molecule has 0 atom stereocenters. The Bertz CT molecular complexity index is 707. The highest BCUT2D eigenvalue weighted by molar-refractivity contribution is 7.86. The van der Waals surface area contributed by atoms with E-state index in [-0.39, 0.29) is 10.5 Å². The minimum atomic E-state index is -4.12. The van der Waals surface area contributed by atoms with Gasteiger partial charge in [0.1, 0.15) is 0 Å². The molecule has 5 nitrogen and oxygen atoms in total. The quantitative estimate of drug-likeness (QED) is 0.639. The third-order valence-corrected chi connectivity index (χ3v) is 3.69. The largest absolute Gasteiger partial charge is 0.374 e. The number of rotatable bonds is 4. The Morgan fingerprint density at radius 1 is 0.950 bits per heavy atom. The highest BCUT2D eigenvalue weighted by atomic mass is 32.2. The van der Waals surface area contributed by atoms with Gasteiger partial charge in [0, 0.05) is 0 Å². The standard InChI is InChI=1S/C14H12O5S/c1-11-7-5-6-10-13(11)14(15)18-19-20(16,17)12-8-3-2-4-9-12/h2-10H,1H3. The summed E-state index contributed by atoms with van der Waals surface area (Å²) in [5.41, 5.74) is 0.911. The predicted octanol–water partition coefficient (Wildman–Crippen LogP) is 2.47. The normalized spacial score (nSPS) is 11.1. The lowest BCUT2D eigenvalue weighted by Gasteiger charge is -2.05. The second-order valence-electron chi connectivity index (χ2n) is 4.02. The van der Waals surface area contributed by atoms with Crippen LogP contribution in [0.25, 0.3) is 0 Å². The van der Waals surface area contributed by atoms with Crippen LogP contribution in [0.1, 0.15) is 15.9 Å². The highest BCUT2D eigenvalue weighted by Crippen LogP contribution is 2.14. The molecule has 0 bridgehead atoms. The van der Waals surface area contributed by atoms with Crippen LogP contribution >= 0.6 is 0 Å². The van der Waals surface area contributed by atoms with Crippen LogP contribution in [0.5, 0.6) is 0 Å². The van der Waals surface area contributed by atoms with Gasteiger partial charge in [-0.05, 0) is 35.0 Å². The van der Waals surface area contributed by atoms with E-state index in [0.29, 0.717) is 5.56 Å². The Balaban J connectivity index is 2.10. The third kappa shape index (κ3) is 3.23. The minimum Gasteiger partial charge on any atom is -0.276 e. The Morgan fingerprint density at radius 2 is 1.55 bits per heavy atom. The first-order valence-electron chi connectivity index (χ1n) is 5.77. The van der Waals surface area contributed by atoms with E-state index in [4.69, 9.17) is 0 Å². The molecule has 104 valence electrons. The highest BCUT2D eigenvalue weighted by Gasteiger charge is 2.20. The lowest BCUT2D eigenvalue weighted by molar-refractivity contribution is -0.144. The minimum absolute atomic E-state index is 0.0856. The predicted molar refractivity (Wildman–Crippen MR) is 71.3 cm³/mol. The van der Waals surface area contributed by atoms with Crippen LogP contribution in [0.2, 0.25) is 0 Å². The molecule has 0 aliphatic rings. The maximum absolute atomic E-state index is 11.8. The Hall–Kier alpha value is -2.18. The second-order valence-corrected chi connectivity index (χ2v) is 5.54. The van der Waals surface area contributed by atoms with E-state index in [1.165, 1.54) is 18.2 Å². The van der Waals surface area contributed by atoms with E-state index >= 15 is 0 Å². The summed E-state index contributed by atoms with van der Waals surface area (Å²) >= 11 is 0. The van der Waals surface area contributed by atoms with E-state index in [9.17, 15) is 13.2 Å². The van der Waals surface area contributed by atoms with Crippen LogP contribution in [-0.2, 0) is 19.3 Å². The van der Waals surface area contributed by atoms with Gasteiger partial charge in [0.05, 0.1) is 10.5 Å². The fourth-order valence-electron chi connectivity index (χ4n) is 1.55. The average molecular weight is 292 g/mol. The van der Waals surface area contributed by atoms with Crippen molar-refractivity contribution in [2.75, 3.05) is 0 Å². The van der Waals surface area contributed by atoms with Crippen molar-refractivity contribution in [3.8, 4) is 0 Å². The number of aryl methyl sites for hydroxylation is 1. The van der Waals surface area contributed by atoms with Gasteiger partial charge in [-0.3, -0.25) is 4.89 Å². The Morgan fingerprint density at radius 3 is 2.20 bits per heavy atom. The number of carbonyl (C=O) groups is 1. The Labute approximate surface area is 116 Å². The molecule has 0 aromatic heterocycles. The molecular formula is C14H12O5S. The second kappa shape index (κ2) is 5.85. The van der Waals surface area contributed by atoms with Crippen molar-refractivity contribution in [3.05, 3.63) is 65.7 Å². The smallest absolute Gasteiger partial charge is 0.276 e. The van der Waals surface area contributed by atoms with E-state index in [1.807, 2.05) is 0 Å². The zero-order valence-corrected chi connectivity index (χ0v) is 11.5. The number of hydrogen-bond acceptors (Lipinski definition) is 5. The van der Waals surface area contributed by atoms with Crippen LogP contribution in [0.4, 0.5) is 0 Å². The molecular weight excluding hydrogens is 280 g/mol. The van der Waals surface area contributed by atoms with Crippen molar-refractivity contribution in [2.24, 2.45) is 0 Å². The van der Waals surface area contributed by atoms with Crippen LogP contribution in [0.3, 0.4) is 0 Å². The summed E-state index contributed by atoms with van der Waals surface area (Å²) in [5.74, 6) is -0.859. The van der Waals surface area contributed by atoms with Crippen molar-refractivity contribution in [1.29, 1.82) is 0 Å². The molecule has 0 unspecified atom stereocenters. The van der Waals surface area contributed by atoms with Crippen molar-refractivity contribution in [2.45, 2.75) is 11.8 Å². The molecule has 0 N–H and O–H groups in total. The van der Waals surface area contributed by atoms with E-state index in [1.54, 1.807) is 43.3 Å². The zero-order chi connectivity index (χ0) is 14.6. The van der Waals surface area contributed by atoms with Gasteiger partial charge < -0.3 is 0 Å². The summed E-state index contributed by atoms with van der Waals surface area (Å²) in [6.07, 6.45) is 0. The fraction of sp³-hybridized carbons (Fsp3) is 0.0714. The van der Waals surface area contributed by atoms with Crippen LogP contribution in [0, 0.1) is 6.92 Å². The van der Waals surface area contributed by atoms with Crippen molar-refractivity contribution < 1.29 is 22.4 Å². The Kier molecular flexibility index (Phi) is 4.16. The van der Waals surface area contributed by atoms with Crippen molar-refractivity contribution in [3.63, 3.8) is 0 Å². The topological polar surface area (TPSA) is 69.7 Å². The van der Waals surface area contributed by atoms with Gasteiger partial charge >= 0.3 is 16.1 Å². The summed E-state index contributed by atoms with van der Waals surface area (Å²) in [4.78, 5) is 16.0. The molecule has 0 saturated carbocycles. The van der Waals surface area contributed by atoms with Crippen LogP contribution < -0.4 is 0 Å². The van der Waals surface area contributed by atoms with E-state index < -0.39 is 16.1 Å². The molecule has 0 amide bonds. The fourth-order valence-corrected chi connectivity index (χ4v) is 2.27. The lowest BCUT2D eigenvalue weighted by atomic mass is 10.1. The van der Waals surface area contributed by atoms with Gasteiger partial charge in [0.25, 0.3) is 0 Å². The molecule has 0 radical (unpaired) electrons. The van der Waals surface area contributed by atoms with Gasteiger partial charge in [-0.2, -0.15) is 8.42 Å². The molecule has 2 aromatic rings. The molecule has 0 aliphatic carbocycles. The molecule has 0 fully saturated rings. The monoisotopic (exact) mass is 292 g/mol. The van der Waals surface area contributed by atoms with E-state index in [2.05, 4.69) is 9.22 Å². The maximum Gasteiger partial charge on any atom is 0.374 e. The van der Waals surface area contributed by atoms with E-state index in [0.717, 1.165) is 0 Å². The average Bonchev–Trinajstić information content (AvgIpc) is 2.46. The molecule has 2 aromatic carbocycles.